The first-order chi connectivity index (χ1) is 10.2. The summed E-state index contributed by atoms with van der Waals surface area (Å²) in [6, 6.07) is 7.29. The molecule has 0 heterocycles. The number of hydrogen-bond acceptors (Lipinski definition) is 4. The molecule has 3 N–H and O–H groups in total. The average molecular weight is 291 g/mol. The maximum absolute atomic E-state index is 12.2. The quantitative estimate of drug-likeness (QED) is 0.345. The molecule has 0 aromatic heterocycles. The zero-order valence-corrected chi connectivity index (χ0v) is 12.2. The summed E-state index contributed by atoms with van der Waals surface area (Å²) >= 11 is 0. The van der Waals surface area contributed by atoms with Crippen molar-refractivity contribution in [3.05, 3.63) is 29.8 Å². The molecule has 1 aliphatic carbocycles. The fraction of sp³-hybridized carbons (Fsp3) is 0.467. The molecule has 2 rings (SSSR count). The Morgan fingerprint density at radius 2 is 2.19 bits per heavy atom. The predicted molar refractivity (Wildman–Crippen MR) is 79.5 cm³/mol. The number of ether oxygens (including phenoxy) is 1. The Labute approximate surface area is 124 Å². The maximum Gasteiger partial charge on any atom is 0.260 e. The Bertz CT molecular complexity index is 527. The lowest BCUT2D eigenvalue weighted by Gasteiger charge is -2.22. The second kappa shape index (κ2) is 6.97. The van der Waals surface area contributed by atoms with Gasteiger partial charge in [-0.25, -0.2) is 0 Å². The van der Waals surface area contributed by atoms with Gasteiger partial charge in [0.1, 0.15) is 5.75 Å². The van der Waals surface area contributed by atoms with Crippen LogP contribution in [0.15, 0.2) is 29.4 Å². The molecule has 1 aromatic rings. The van der Waals surface area contributed by atoms with Gasteiger partial charge in [0.05, 0.1) is 5.56 Å². The molecule has 1 amide bonds. The summed E-state index contributed by atoms with van der Waals surface area (Å²) < 4.78 is 5.56. The van der Waals surface area contributed by atoms with E-state index in [0.29, 0.717) is 17.4 Å². The smallest absolute Gasteiger partial charge is 0.260 e. The van der Waals surface area contributed by atoms with Gasteiger partial charge in [-0.15, -0.1) is 0 Å². The lowest BCUT2D eigenvalue weighted by Crippen LogP contribution is -2.37. The van der Waals surface area contributed by atoms with Crippen LogP contribution in [-0.4, -0.2) is 41.0 Å². The van der Waals surface area contributed by atoms with Crippen molar-refractivity contribution in [2.45, 2.75) is 32.2 Å². The SMILES string of the molecule is CCCN(C(=O)COc1ccccc1/C(N)=N/O)C1CC1. The lowest BCUT2D eigenvalue weighted by atomic mass is 10.2. The predicted octanol–water partition coefficient (Wildman–Crippen LogP) is 1.56. The van der Waals surface area contributed by atoms with E-state index in [1.54, 1.807) is 24.3 Å². The maximum atomic E-state index is 12.2. The number of para-hydroxylation sites is 1. The van der Waals surface area contributed by atoms with E-state index < -0.39 is 0 Å². The molecule has 0 unspecified atom stereocenters. The largest absolute Gasteiger partial charge is 0.483 e. The topological polar surface area (TPSA) is 88.2 Å². The standard InChI is InChI=1S/C15H21N3O3/c1-2-9-18(11-7-8-11)14(19)10-21-13-6-4-3-5-12(13)15(16)17-20/h3-6,11,20H,2,7-10H2,1H3,(H2,16,17). The Balaban J connectivity index is 2.00. The van der Waals surface area contributed by atoms with E-state index in [1.807, 2.05) is 4.90 Å². The van der Waals surface area contributed by atoms with Gasteiger partial charge >= 0.3 is 0 Å². The highest BCUT2D eigenvalue weighted by Crippen LogP contribution is 2.27. The van der Waals surface area contributed by atoms with Crippen molar-refractivity contribution < 1.29 is 14.7 Å². The molecule has 1 aromatic carbocycles. The van der Waals surface area contributed by atoms with E-state index in [2.05, 4.69) is 12.1 Å². The van der Waals surface area contributed by atoms with Gasteiger partial charge in [-0.05, 0) is 31.4 Å². The van der Waals surface area contributed by atoms with Crippen molar-refractivity contribution in [1.29, 1.82) is 0 Å². The number of amides is 1. The highest BCUT2D eigenvalue weighted by Gasteiger charge is 2.32. The van der Waals surface area contributed by atoms with Crippen molar-refractivity contribution >= 4 is 11.7 Å². The summed E-state index contributed by atoms with van der Waals surface area (Å²) in [5.74, 6) is 0.382. The van der Waals surface area contributed by atoms with Gasteiger partial charge in [0.15, 0.2) is 12.4 Å². The molecule has 21 heavy (non-hydrogen) atoms. The Hall–Kier alpha value is -2.24. The molecular weight excluding hydrogens is 270 g/mol. The summed E-state index contributed by atoms with van der Waals surface area (Å²) in [5.41, 5.74) is 6.07. The van der Waals surface area contributed by atoms with E-state index in [0.717, 1.165) is 25.8 Å². The van der Waals surface area contributed by atoms with Crippen molar-refractivity contribution in [1.82, 2.24) is 4.90 Å². The van der Waals surface area contributed by atoms with E-state index in [4.69, 9.17) is 15.7 Å². The number of oxime groups is 1. The van der Waals surface area contributed by atoms with Crippen molar-refractivity contribution in [2.24, 2.45) is 10.9 Å². The second-order valence-electron chi connectivity index (χ2n) is 5.09. The van der Waals surface area contributed by atoms with Crippen LogP contribution in [0, 0.1) is 0 Å². The van der Waals surface area contributed by atoms with E-state index in [-0.39, 0.29) is 18.3 Å². The van der Waals surface area contributed by atoms with Crippen LogP contribution in [0.4, 0.5) is 0 Å². The first-order valence-corrected chi connectivity index (χ1v) is 7.16. The van der Waals surface area contributed by atoms with E-state index in [1.165, 1.54) is 0 Å². The summed E-state index contributed by atoms with van der Waals surface area (Å²) in [7, 11) is 0. The number of carbonyl (C=O) groups excluding carboxylic acids is 1. The van der Waals surface area contributed by atoms with Crippen molar-refractivity contribution in [3.8, 4) is 5.75 Å². The number of benzene rings is 1. The Morgan fingerprint density at radius 3 is 2.81 bits per heavy atom. The lowest BCUT2D eigenvalue weighted by molar-refractivity contribution is -0.134. The Kier molecular flexibility index (Phi) is 5.03. The number of nitrogens with zero attached hydrogens (tertiary/aromatic N) is 2. The van der Waals surface area contributed by atoms with Crippen LogP contribution in [0.3, 0.4) is 0 Å². The fourth-order valence-electron chi connectivity index (χ4n) is 2.22. The highest BCUT2D eigenvalue weighted by molar-refractivity contribution is 5.99. The molecule has 1 fully saturated rings. The van der Waals surface area contributed by atoms with Crippen LogP contribution < -0.4 is 10.5 Å². The summed E-state index contributed by atoms with van der Waals surface area (Å²) in [6.07, 6.45) is 3.09. The van der Waals surface area contributed by atoms with Crippen LogP contribution in [-0.2, 0) is 4.79 Å². The molecule has 6 heteroatoms. The third kappa shape index (κ3) is 3.87. The average Bonchev–Trinajstić information content (AvgIpc) is 3.34. The summed E-state index contributed by atoms with van der Waals surface area (Å²) in [4.78, 5) is 14.1. The number of hydrogen-bond donors (Lipinski definition) is 2. The monoisotopic (exact) mass is 291 g/mol. The fourth-order valence-corrected chi connectivity index (χ4v) is 2.22. The van der Waals surface area contributed by atoms with Crippen LogP contribution in [0.2, 0.25) is 0 Å². The molecule has 0 aliphatic heterocycles. The Morgan fingerprint density at radius 1 is 1.48 bits per heavy atom. The molecule has 1 aliphatic rings. The van der Waals surface area contributed by atoms with Gasteiger partial charge in [-0.2, -0.15) is 0 Å². The molecule has 0 saturated heterocycles. The number of rotatable bonds is 7. The van der Waals surface area contributed by atoms with Crippen LogP contribution in [0.1, 0.15) is 31.7 Å². The molecule has 114 valence electrons. The first-order valence-electron chi connectivity index (χ1n) is 7.16. The second-order valence-corrected chi connectivity index (χ2v) is 5.09. The van der Waals surface area contributed by atoms with Gasteiger partial charge in [0, 0.05) is 12.6 Å². The third-order valence-electron chi connectivity index (χ3n) is 3.39. The highest BCUT2D eigenvalue weighted by atomic mass is 16.5. The molecule has 6 nitrogen and oxygen atoms in total. The zero-order valence-electron chi connectivity index (χ0n) is 12.2. The molecule has 0 spiro atoms. The van der Waals surface area contributed by atoms with Crippen molar-refractivity contribution in [2.75, 3.05) is 13.2 Å². The zero-order chi connectivity index (χ0) is 15.2. The number of nitrogens with two attached hydrogens (primary N) is 1. The number of carbonyl (C=O) groups is 1. The van der Waals surface area contributed by atoms with Crippen LogP contribution >= 0.6 is 0 Å². The summed E-state index contributed by atoms with van der Waals surface area (Å²) in [6.45, 7) is 2.78. The molecular formula is C15H21N3O3. The van der Waals surface area contributed by atoms with Crippen LogP contribution in [0.5, 0.6) is 5.75 Å². The third-order valence-corrected chi connectivity index (χ3v) is 3.39. The van der Waals surface area contributed by atoms with Crippen LogP contribution in [0.25, 0.3) is 0 Å². The van der Waals surface area contributed by atoms with E-state index >= 15 is 0 Å². The minimum absolute atomic E-state index is 0.0198. The number of amidine groups is 1. The molecule has 1 saturated carbocycles. The molecule has 0 atom stereocenters. The minimum atomic E-state index is -0.0364. The van der Waals surface area contributed by atoms with Gasteiger partial charge in [0.25, 0.3) is 5.91 Å². The normalized spacial score (nSPS) is 14.8. The minimum Gasteiger partial charge on any atom is -0.483 e. The van der Waals surface area contributed by atoms with Gasteiger partial charge in [0.2, 0.25) is 0 Å². The first kappa shape index (κ1) is 15.2. The van der Waals surface area contributed by atoms with Gasteiger partial charge < -0.3 is 20.6 Å². The summed E-state index contributed by atoms with van der Waals surface area (Å²) in [5, 5.41) is 11.7. The van der Waals surface area contributed by atoms with E-state index in [9.17, 15) is 4.79 Å². The molecule has 0 radical (unpaired) electrons. The van der Waals surface area contributed by atoms with Gasteiger partial charge in [-0.3, -0.25) is 4.79 Å². The van der Waals surface area contributed by atoms with Crippen molar-refractivity contribution in [3.63, 3.8) is 0 Å². The molecule has 0 bridgehead atoms. The van der Waals surface area contributed by atoms with Gasteiger partial charge in [-0.1, -0.05) is 24.2 Å².